The average molecular weight is 581 g/mol. The van der Waals surface area contributed by atoms with Crippen molar-refractivity contribution in [2.75, 3.05) is 0 Å². The van der Waals surface area contributed by atoms with E-state index in [2.05, 4.69) is 47.6 Å². The van der Waals surface area contributed by atoms with Crippen LogP contribution in [0.1, 0.15) is 132 Å². The Hall–Kier alpha value is -1.65. The first kappa shape index (κ1) is 30.4. The highest BCUT2D eigenvalue weighted by molar-refractivity contribution is 5.96. The quantitative estimate of drug-likeness (QED) is 0.339. The van der Waals surface area contributed by atoms with Crippen molar-refractivity contribution in [3.63, 3.8) is 0 Å². The predicted octanol–water partition coefficient (Wildman–Crippen LogP) is 8.40. The number of ketones is 1. The molecular formula is C37H56O5. The van der Waals surface area contributed by atoms with Gasteiger partial charge in [-0.05, 0) is 123 Å². The summed E-state index contributed by atoms with van der Waals surface area (Å²) in [6, 6.07) is 0. The summed E-state index contributed by atoms with van der Waals surface area (Å²) < 4.78 is 6.17. The first-order chi connectivity index (χ1) is 19.6. The molecule has 5 saturated carbocycles. The molecule has 5 nitrogen and oxygen atoms in total. The molecule has 0 bridgehead atoms. The van der Waals surface area contributed by atoms with E-state index in [9.17, 15) is 19.5 Å². The second kappa shape index (κ2) is 9.93. The molecule has 5 fully saturated rings. The molecule has 42 heavy (non-hydrogen) atoms. The molecule has 0 aliphatic heterocycles. The van der Waals surface area contributed by atoms with Gasteiger partial charge in [-0.3, -0.25) is 14.4 Å². The van der Waals surface area contributed by atoms with E-state index in [1.807, 2.05) is 6.92 Å². The van der Waals surface area contributed by atoms with Gasteiger partial charge in [0.25, 0.3) is 0 Å². The summed E-state index contributed by atoms with van der Waals surface area (Å²) in [6.07, 6.45) is 14.0. The monoisotopic (exact) mass is 580 g/mol. The van der Waals surface area contributed by atoms with Crippen molar-refractivity contribution in [3.05, 3.63) is 11.6 Å². The van der Waals surface area contributed by atoms with Gasteiger partial charge in [0.1, 0.15) is 11.5 Å². The zero-order chi connectivity index (χ0) is 30.5. The lowest BCUT2D eigenvalue weighted by Crippen LogP contribution is -2.68. The highest BCUT2D eigenvalue weighted by Gasteiger charge is 2.72. The van der Waals surface area contributed by atoms with Gasteiger partial charge in [0.15, 0.2) is 5.78 Å². The molecule has 1 N–H and O–H groups in total. The fourth-order valence-electron chi connectivity index (χ4n) is 12.4. The first-order valence-corrected chi connectivity index (χ1v) is 17.3. The van der Waals surface area contributed by atoms with E-state index in [0.29, 0.717) is 24.2 Å². The largest absolute Gasteiger partial charge is 0.481 e. The minimum Gasteiger partial charge on any atom is -0.481 e. The van der Waals surface area contributed by atoms with Crippen LogP contribution in [-0.4, -0.2) is 28.9 Å². The fraction of sp³-hybridized carbons (Fsp3) is 0.865. The highest BCUT2D eigenvalue weighted by atomic mass is 16.5. The van der Waals surface area contributed by atoms with Crippen molar-refractivity contribution in [2.24, 2.45) is 62.6 Å². The van der Waals surface area contributed by atoms with E-state index >= 15 is 0 Å². The molecule has 0 heterocycles. The molecule has 6 aliphatic carbocycles. The van der Waals surface area contributed by atoms with Gasteiger partial charge in [-0.2, -0.15) is 0 Å². The van der Waals surface area contributed by atoms with Crippen molar-refractivity contribution in [1.82, 2.24) is 0 Å². The molecule has 5 heteroatoms. The Morgan fingerprint density at radius 3 is 2.21 bits per heavy atom. The van der Waals surface area contributed by atoms with E-state index in [-0.39, 0.29) is 45.8 Å². The Morgan fingerprint density at radius 1 is 0.857 bits per heavy atom. The zero-order valence-corrected chi connectivity index (χ0v) is 27.4. The fourth-order valence-corrected chi connectivity index (χ4v) is 12.4. The summed E-state index contributed by atoms with van der Waals surface area (Å²) in [5, 5.41) is 10.8. The van der Waals surface area contributed by atoms with Gasteiger partial charge < -0.3 is 9.84 Å². The number of ether oxygens (including phenoxy) is 1. The minimum atomic E-state index is -1.21. The standard InChI is InChI=1S/C37H56O5/c1-22-13-16-33(3)19-20-35(5)25(29(33)23(22)2)21-26(38)30-34(4)17-15-28(42-31(39)24-11-9-8-10-12-24)37(7,32(40)41)27(34)14-18-36(30,35)6/h21-24,27-30H,8-20H2,1-7H3,(H,40,41)/t22-,23+,27-,28-,29+,30-,33-,34+,35-,36-,37-/m1/s1. The van der Waals surface area contributed by atoms with Gasteiger partial charge in [-0.1, -0.05) is 66.4 Å². The lowest BCUT2D eigenvalue weighted by atomic mass is 9.33. The summed E-state index contributed by atoms with van der Waals surface area (Å²) in [6.45, 7) is 16.2. The van der Waals surface area contributed by atoms with E-state index in [0.717, 1.165) is 57.8 Å². The van der Waals surface area contributed by atoms with Gasteiger partial charge in [0.05, 0.1) is 5.92 Å². The van der Waals surface area contributed by atoms with Crippen LogP contribution in [0.5, 0.6) is 0 Å². The molecular weight excluding hydrogens is 524 g/mol. The maximum atomic E-state index is 14.6. The zero-order valence-electron chi connectivity index (χ0n) is 27.4. The smallest absolute Gasteiger partial charge is 0.313 e. The van der Waals surface area contributed by atoms with E-state index in [4.69, 9.17) is 4.74 Å². The molecule has 0 saturated heterocycles. The van der Waals surface area contributed by atoms with Crippen LogP contribution in [-0.2, 0) is 19.1 Å². The SMILES string of the molecule is C[C@H]1[C@H](C)CC[C@]2(C)CC[C@]3(C)C(=CC(=O)[C@@H]4[C@@]5(C)CC[C@@H](OC(=O)C6CCCCC6)[C@](C)(C(=O)O)[C@@H]5CC[C@]43C)[C@H]12. The molecule has 0 unspecified atom stereocenters. The summed E-state index contributed by atoms with van der Waals surface area (Å²) in [4.78, 5) is 41.1. The lowest BCUT2D eigenvalue weighted by molar-refractivity contribution is -0.222. The van der Waals surface area contributed by atoms with E-state index in [1.165, 1.54) is 24.8 Å². The Balaban J connectivity index is 1.37. The molecule has 0 aromatic heterocycles. The van der Waals surface area contributed by atoms with Crippen LogP contribution in [0, 0.1) is 62.6 Å². The van der Waals surface area contributed by atoms with Crippen LogP contribution in [0.4, 0.5) is 0 Å². The van der Waals surface area contributed by atoms with Crippen LogP contribution in [0.15, 0.2) is 11.6 Å². The summed E-state index contributed by atoms with van der Waals surface area (Å²) >= 11 is 0. The number of carbonyl (C=O) groups is 3. The molecule has 11 atom stereocenters. The van der Waals surface area contributed by atoms with Gasteiger partial charge in [0, 0.05) is 5.92 Å². The van der Waals surface area contributed by atoms with Gasteiger partial charge in [-0.15, -0.1) is 0 Å². The van der Waals surface area contributed by atoms with Crippen molar-refractivity contribution < 1.29 is 24.2 Å². The Kier molecular flexibility index (Phi) is 7.18. The molecule has 0 aromatic rings. The normalized spacial score (nSPS) is 50.8. The van der Waals surface area contributed by atoms with Crippen molar-refractivity contribution in [1.29, 1.82) is 0 Å². The number of carbonyl (C=O) groups excluding carboxylic acids is 2. The van der Waals surface area contributed by atoms with E-state index in [1.54, 1.807) is 0 Å². The summed E-state index contributed by atoms with van der Waals surface area (Å²) in [7, 11) is 0. The van der Waals surface area contributed by atoms with Crippen molar-refractivity contribution in [3.8, 4) is 0 Å². The maximum absolute atomic E-state index is 14.6. The lowest BCUT2D eigenvalue weighted by Gasteiger charge is -2.70. The number of hydrogen-bond acceptors (Lipinski definition) is 4. The second-order valence-electron chi connectivity index (χ2n) is 17.2. The molecule has 0 aromatic carbocycles. The topological polar surface area (TPSA) is 80.7 Å². The number of carboxylic acids is 1. The highest BCUT2D eigenvalue weighted by Crippen LogP contribution is 2.75. The molecule has 234 valence electrons. The number of fused-ring (bicyclic) bond motifs is 7. The van der Waals surface area contributed by atoms with E-state index < -0.39 is 22.9 Å². The maximum Gasteiger partial charge on any atom is 0.313 e. The van der Waals surface area contributed by atoms with Crippen LogP contribution in [0.2, 0.25) is 0 Å². The molecule has 0 spiro atoms. The number of carboxylic acid groups (broad SMARTS) is 1. The number of allylic oxidation sites excluding steroid dienone is 2. The molecule has 6 aliphatic rings. The second-order valence-corrected chi connectivity index (χ2v) is 17.2. The predicted molar refractivity (Wildman–Crippen MR) is 163 cm³/mol. The molecule has 6 rings (SSSR count). The number of rotatable bonds is 3. The van der Waals surface area contributed by atoms with Crippen LogP contribution in [0.3, 0.4) is 0 Å². The Bertz CT molecular complexity index is 1180. The summed E-state index contributed by atoms with van der Waals surface area (Å²) in [5.74, 6) is 0.255. The molecule has 0 amide bonds. The Labute approximate surface area is 254 Å². The van der Waals surface area contributed by atoms with Gasteiger partial charge in [0.2, 0.25) is 0 Å². The average Bonchev–Trinajstić information content (AvgIpc) is 2.94. The van der Waals surface area contributed by atoms with Gasteiger partial charge >= 0.3 is 11.9 Å². The van der Waals surface area contributed by atoms with Crippen molar-refractivity contribution >= 4 is 17.7 Å². The first-order valence-electron chi connectivity index (χ1n) is 17.3. The number of hydrogen-bond donors (Lipinski definition) is 1. The molecule has 0 radical (unpaired) electrons. The van der Waals surface area contributed by atoms with Crippen LogP contribution >= 0.6 is 0 Å². The van der Waals surface area contributed by atoms with Crippen molar-refractivity contribution in [2.45, 2.75) is 138 Å². The number of aliphatic carboxylic acids is 1. The van der Waals surface area contributed by atoms with Gasteiger partial charge in [-0.25, -0.2) is 0 Å². The summed E-state index contributed by atoms with van der Waals surface area (Å²) in [5.41, 5.74) is -0.281. The third-order valence-corrected chi connectivity index (χ3v) is 15.4. The van der Waals surface area contributed by atoms with Crippen LogP contribution in [0.25, 0.3) is 0 Å². The third kappa shape index (κ3) is 3.95. The third-order valence-electron chi connectivity index (χ3n) is 15.4. The minimum absolute atomic E-state index is 0.0705. The Morgan fingerprint density at radius 2 is 1.55 bits per heavy atom. The number of esters is 1. The van der Waals surface area contributed by atoms with Crippen LogP contribution < -0.4 is 0 Å².